The summed E-state index contributed by atoms with van der Waals surface area (Å²) < 4.78 is 50.8. The lowest BCUT2D eigenvalue weighted by molar-refractivity contribution is 0.369. The van der Waals surface area contributed by atoms with Crippen molar-refractivity contribution >= 4 is 33.2 Å². The number of benzene rings is 1. The van der Waals surface area contributed by atoms with Gasteiger partial charge in [-0.1, -0.05) is 0 Å². The van der Waals surface area contributed by atoms with Crippen molar-refractivity contribution < 1.29 is 25.2 Å². The molecular formula is C12H18O6S3. The Hall–Kier alpha value is -0.450. The Labute approximate surface area is 132 Å². The Balaban J connectivity index is 3.22. The van der Waals surface area contributed by atoms with Gasteiger partial charge in [0.1, 0.15) is 0 Å². The van der Waals surface area contributed by atoms with E-state index >= 15 is 0 Å². The summed E-state index contributed by atoms with van der Waals surface area (Å²) in [6.45, 7) is 5.90. The molecule has 0 spiro atoms. The maximum Gasteiger partial charge on any atom is 0.189 e. The molecule has 0 aliphatic heterocycles. The predicted octanol–water partition coefficient (Wildman–Crippen LogP) is 1.86. The molecule has 6 nitrogen and oxygen atoms in total. The van der Waals surface area contributed by atoms with Crippen LogP contribution < -0.4 is 0 Å². The third-order valence-corrected chi connectivity index (χ3v) is 5.32. The summed E-state index contributed by atoms with van der Waals surface area (Å²) in [7, 11) is 0. The minimum atomic E-state index is -1.72. The van der Waals surface area contributed by atoms with Crippen LogP contribution in [0.3, 0.4) is 0 Å². The first-order chi connectivity index (χ1) is 10.0. The molecule has 9 heteroatoms. The smallest absolute Gasteiger partial charge is 0.189 e. The van der Waals surface area contributed by atoms with Crippen LogP contribution >= 0.6 is 0 Å². The third-order valence-electron chi connectivity index (χ3n) is 2.11. The highest BCUT2D eigenvalue weighted by atomic mass is 32.2. The SMILES string of the molecule is CCOS(=O)c1cc(S(=O)OCC)cc(S(=O)OCC)c1. The maximum absolute atomic E-state index is 11.9. The van der Waals surface area contributed by atoms with Crippen LogP contribution in [0.1, 0.15) is 20.8 Å². The van der Waals surface area contributed by atoms with Gasteiger partial charge in [-0.15, -0.1) is 0 Å². The van der Waals surface area contributed by atoms with Crippen LogP contribution in [0.15, 0.2) is 32.9 Å². The van der Waals surface area contributed by atoms with E-state index in [0.29, 0.717) is 0 Å². The molecule has 120 valence electrons. The molecule has 21 heavy (non-hydrogen) atoms. The summed E-state index contributed by atoms with van der Waals surface area (Å²) in [6.07, 6.45) is 0. The van der Waals surface area contributed by atoms with Gasteiger partial charge in [0.25, 0.3) is 0 Å². The van der Waals surface area contributed by atoms with E-state index < -0.39 is 33.2 Å². The highest BCUT2D eigenvalue weighted by molar-refractivity contribution is 7.81. The molecule has 0 saturated carbocycles. The lowest BCUT2D eigenvalue weighted by atomic mass is 10.4. The van der Waals surface area contributed by atoms with E-state index in [0.717, 1.165) is 0 Å². The van der Waals surface area contributed by atoms with E-state index in [4.69, 9.17) is 12.5 Å². The molecule has 0 aliphatic rings. The standard InChI is InChI=1S/C12H18O6S3/c1-4-16-19(13)10-7-11(20(14)17-5-2)9-12(8-10)21(15)18-6-3/h7-9H,4-6H2,1-3H3. The molecule has 0 bridgehead atoms. The lowest BCUT2D eigenvalue weighted by Gasteiger charge is -2.08. The van der Waals surface area contributed by atoms with Crippen molar-refractivity contribution in [3.8, 4) is 0 Å². The molecule has 1 aromatic rings. The second-order valence-electron chi connectivity index (χ2n) is 3.56. The van der Waals surface area contributed by atoms with E-state index in [1.165, 1.54) is 18.2 Å². The molecule has 0 saturated heterocycles. The van der Waals surface area contributed by atoms with E-state index in [1.807, 2.05) is 0 Å². The van der Waals surface area contributed by atoms with Crippen molar-refractivity contribution in [1.29, 1.82) is 0 Å². The van der Waals surface area contributed by atoms with Gasteiger partial charge in [-0.2, -0.15) is 0 Å². The Kier molecular flexibility index (Phi) is 8.45. The monoisotopic (exact) mass is 354 g/mol. The Morgan fingerprint density at radius 2 is 0.905 bits per heavy atom. The van der Waals surface area contributed by atoms with Gasteiger partial charge in [0.2, 0.25) is 0 Å². The lowest BCUT2D eigenvalue weighted by Crippen LogP contribution is -2.05. The molecule has 3 atom stereocenters. The van der Waals surface area contributed by atoms with Crippen LogP contribution in [0, 0.1) is 0 Å². The molecule has 0 aliphatic carbocycles. The summed E-state index contributed by atoms with van der Waals surface area (Å²) in [5, 5.41) is 0. The first kappa shape index (κ1) is 18.6. The van der Waals surface area contributed by atoms with Crippen LogP contribution in [0.4, 0.5) is 0 Å². The molecule has 0 heterocycles. The second kappa shape index (κ2) is 9.54. The first-order valence-electron chi connectivity index (χ1n) is 6.33. The van der Waals surface area contributed by atoms with E-state index in [-0.39, 0.29) is 34.5 Å². The molecule has 0 amide bonds. The molecule has 1 rings (SSSR count). The van der Waals surface area contributed by atoms with E-state index in [2.05, 4.69) is 0 Å². The first-order valence-corrected chi connectivity index (χ1v) is 9.56. The molecule has 3 unspecified atom stereocenters. The highest BCUT2D eigenvalue weighted by Gasteiger charge is 2.15. The van der Waals surface area contributed by atoms with E-state index in [9.17, 15) is 12.6 Å². The normalized spacial score (nSPS) is 15.6. The zero-order valence-electron chi connectivity index (χ0n) is 12.0. The molecule has 0 fully saturated rings. The van der Waals surface area contributed by atoms with Gasteiger partial charge in [-0.05, 0) is 39.0 Å². The van der Waals surface area contributed by atoms with Gasteiger partial charge >= 0.3 is 0 Å². The summed E-state index contributed by atoms with van der Waals surface area (Å²) in [6, 6.07) is 4.35. The van der Waals surface area contributed by atoms with E-state index in [1.54, 1.807) is 20.8 Å². The van der Waals surface area contributed by atoms with Gasteiger partial charge < -0.3 is 0 Å². The minimum Gasteiger partial charge on any atom is -0.287 e. The van der Waals surface area contributed by atoms with Crippen LogP contribution in [-0.2, 0) is 45.8 Å². The fourth-order valence-electron chi connectivity index (χ4n) is 1.36. The summed E-state index contributed by atoms with van der Waals surface area (Å²) in [5.41, 5.74) is 0. The quantitative estimate of drug-likeness (QED) is 0.673. The highest BCUT2D eigenvalue weighted by Crippen LogP contribution is 2.21. The average molecular weight is 354 g/mol. The van der Waals surface area contributed by atoms with Crippen molar-refractivity contribution in [2.45, 2.75) is 35.5 Å². The molecule has 1 aromatic carbocycles. The van der Waals surface area contributed by atoms with Gasteiger partial charge in [-0.3, -0.25) is 12.5 Å². The van der Waals surface area contributed by atoms with Gasteiger partial charge in [0.05, 0.1) is 34.5 Å². The second-order valence-corrected chi connectivity index (χ2v) is 7.09. The molecule has 0 radical (unpaired) electrons. The number of hydrogen-bond acceptors (Lipinski definition) is 6. The Morgan fingerprint density at radius 3 is 1.10 bits per heavy atom. The minimum absolute atomic E-state index is 0.259. The van der Waals surface area contributed by atoms with Gasteiger partial charge in [-0.25, -0.2) is 12.6 Å². The predicted molar refractivity (Wildman–Crippen MR) is 80.5 cm³/mol. The summed E-state index contributed by atoms with van der Waals surface area (Å²) in [4.78, 5) is 0.807. The van der Waals surface area contributed by atoms with Crippen molar-refractivity contribution in [2.24, 2.45) is 0 Å². The summed E-state index contributed by atoms with van der Waals surface area (Å²) in [5.74, 6) is 0. The fraction of sp³-hybridized carbons (Fsp3) is 0.500. The number of hydrogen-bond donors (Lipinski definition) is 0. The van der Waals surface area contributed by atoms with Crippen molar-refractivity contribution in [3.05, 3.63) is 18.2 Å². The Bertz CT molecular complexity index is 457. The Morgan fingerprint density at radius 1 is 0.667 bits per heavy atom. The number of rotatable bonds is 9. The van der Waals surface area contributed by atoms with Crippen molar-refractivity contribution in [3.63, 3.8) is 0 Å². The van der Waals surface area contributed by atoms with Crippen molar-refractivity contribution in [1.82, 2.24) is 0 Å². The van der Waals surface area contributed by atoms with Crippen molar-refractivity contribution in [2.75, 3.05) is 19.8 Å². The van der Waals surface area contributed by atoms with Crippen LogP contribution in [0.5, 0.6) is 0 Å². The zero-order chi connectivity index (χ0) is 15.8. The molecule has 0 aromatic heterocycles. The maximum atomic E-state index is 11.9. The fourth-order valence-corrected chi connectivity index (χ4v) is 3.97. The van der Waals surface area contributed by atoms with Crippen LogP contribution in [0.25, 0.3) is 0 Å². The zero-order valence-corrected chi connectivity index (χ0v) is 14.5. The topological polar surface area (TPSA) is 78.9 Å². The van der Waals surface area contributed by atoms with Gasteiger partial charge in [0, 0.05) is 0 Å². The largest absolute Gasteiger partial charge is 0.287 e. The summed E-state index contributed by atoms with van der Waals surface area (Å²) >= 11 is -5.17. The van der Waals surface area contributed by atoms with Crippen LogP contribution in [0.2, 0.25) is 0 Å². The molecule has 0 N–H and O–H groups in total. The third kappa shape index (κ3) is 5.68. The molecular weight excluding hydrogens is 336 g/mol. The van der Waals surface area contributed by atoms with Gasteiger partial charge in [0.15, 0.2) is 33.2 Å². The van der Waals surface area contributed by atoms with Crippen LogP contribution in [-0.4, -0.2) is 32.4 Å². The average Bonchev–Trinajstić information content (AvgIpc) is 2.47.